The molecule has 0 radical (unpaired) electrons. The van der Waals surface area contributed by atoms with Crippen molar-refractivity contribution < 1.29 is 17.3 Å². The van der Waals surface area contributed by atoms with E-state index in [0.717, 1.165) is 27.8 Å². The van der Waals surface area contributed by atoms with Crippen molar-refractivity contribution in [1.82, 2.24) is 0 Å². The highest BCUT2D eigenvalue weighted by atomic mass is 35.5. The maximum absolute atomic E-state index is 9.75. The first-order chi connectivity index (χ1) is 13.1. The highest BCUT2D eigenvalue weighted by Crippen LogP contribution is 2.23. The largest absolute Gasteiger partial charge is 0.673 e. The molecule has 0 fully saturated rings. The Bertz CT molecular complexity index is 892. The second kappa shape index (κ2) is 10.2. The predicted octanol–water partition coefficient (Wildman–Crippen LogP) is 6.85. The lowest BCUT2D eigenvalue weighted by atomic mass is 9.95. The van der Waals surface area contributed by atoms with Crippen molar-refractivity contribution in [3.8, 4) is 0 Å². The summed E-state index contributed by atoms with van der Waals surface area (Å²) in [4.78, 5) is 1.13. The Morgan fingerprint density at radius 1 is 0.679 bits per heavy atom. The minimum Gasteiger partial charge on any atom is -0.418 e. The smallest absolute Gasteiger partial charge is 0.418 e. The maximum atomic E-state index is 9.75. The molecule has 0 saturated carbocycles. The molecule has 3 aromatic rings. The van der Waals surface area contributed by atoms with Gasteiger partial charge in [-0.25, -0.2) is 0 Å². The van der Waals surface area contributed by atoms with E-state index in [-0.39, 0.29) is 0 Å². The summed E-state index contributed by atoms with van der Waals surface area (Å²) in [6.45, 7) is 0. The molecule has 0 saturated heterocycles. The van der Waals surface area contributed by atoms with Crippen LogP contribution in [0.2, 0.25) is 10.0 Å². The maximum Gasteiger partial charge on any atom is 0.673 e. The first kappa shape index (κ1) is 22.7. The lowest BCUT2D eigenvalue weighted by molar-refractivity contribution is 0.368. The summed E-state index contributed by atoms with van der Waals surface area (Å²) in [5.74, 6) is 0. The van der Waals surface area contributed by atoms with E-state index in [1.807, 2.05) is 24.3 Å². The van der Waals surface area contributed by atoms with E-state index >= 15 is 0 Å². The molecule has 0 atom stereocenters. The molecule has 0 nitrogen and oxygen atoms in total. The number of halogens is 6. The molecule has 0 aliphatic heterocycles. The molecule has 0 N–H and O–H groups in total. The lowest BCUT2D eigenvalue weighted by Gasteiger charge is -2.10. The fourth-order valence-electron chi connectivity index (χ4n) is 2.64. The van der Waals surface area contributed by atoms with Crippen LogP contribution < -0.4 is 0 Å². The van der Waals surface area contributed by atoms with E-state index in [4.69, 9.17) is 23.2 Å². The predicted molar refractivity (Wildman–Crippen MR) is 114 cm³/mol. The Morgan fingerprint density at radius 3 is 1.57 bits per heavy atom. The van der Waals surface area contributed by atoms with Crippen LogP contribution in [-0.4, -0.2) is 7.25 Å². The van der Waals surface area contributed by atoms with E-state index in [9.17, 15) is 17.3 Å². The van der Waals surface area contributed by atoms with Crippen LogP contribution in [0, 0.1) is 0 Å². The Hall–Kier alpha value is -1.63. The third-order valence-electron chi connectivity index (χ3n) is 3.88. The zero-order valence-electron chi connectivity index (χ0n) is 14.6. The van der Waals surface area contributed by atoms with Crippen LogP contribution in [0.4, 0.5) is 17.3 Å². The van der Waals surface area contributed by atoms with Crippen molar-refractivity contribution in [3.63, 3.8) is 0 Å². The number of benzene rings is 3. The topological polar surface area (TPSA) is 0 Å². The molecule has 0 heterocycles. The zero-order valence-corrected chi connectivity index (χ0v) is 17.1. The van der Waals surface area contributed by atoms with Gasteiger partial charge >= 0.3 is 7.25 Å². The van der Waals surface area contributed by atoms with Crippen molar-refractivity contribution in [3.05, 3.63) is 99.0 Å². The number of hydrogen-bond donors (Lipinski definition) is 0. The molecule has 0 bridgehead atoms. The average Bonchev–Trinajstić information content (AvgIpc) is 2.60. The first-order valence-corrected chi connectivity index (χ1v) is 9.56. The fourth-order valence-corrected chi connectivity index (χ4v) is 3.23. The number of rotatable bonds is 4. The number of hydrogen-bond acceptors (Lipinski definition) is 0. The van der Waals surface area contributed by atoms with Gasteiger partial charge in [-0.05, 0) is 66.1 Å². The van der Waals surface area contributed by atoms with Gasteiger partial charge in [-0.3, -0.25) is 0 Å². The van der Waals surface area contributed by atoms with Crippen LogP contribution in [0.3, 0.4) is 0 Å². The summed E-state index contributed by atoms with van der Waals surface area (Å²) >= 11 is 15.7. The molecule has 0 aliphatic rings. The van der Waals surface area contributed by atoms with Gasteiger partial charge in [0.05, 0.1) is 0 Å². The van der Waals surface area contributed by atoms with Gasteiger partial charge in [-0.2, -0.15) is 0 Å². The second-order valence-corrected chi connectivity index (χ2v) is 7.46. The van der Waals surface area contributed by atoms with Crippen LogP contribution in [0.25, 0.3) is 0 Å². The third-order valence-corrected chi connectivity index (χ3v) is 4.85. The molecule has 0 aliphatic carbocycles. The quantitative estimate of drug-likeness (QED) is 0.233. The molecule has 0 unspecified atom stereocenters. The van der Waals surface area contributed by atoms with E-state index in [2.05, 4.69) is 55.1 Å². The van der Waals surface area contributed by atoms with Gasteiger partial charge in [0.15, 0.2) is 4.90 Å². The average molecular weight is 447 g/mol. The molecule has 0 amide bonds. The van der Waals surface area contributed by atoms with E-state index in [1.165, 1.54) is 22.3 Å². The van der Waals surface area contributed by atoms with Crippen LogP contribution in [0.1, 0.15) is 22.3 Å². The normalized spacial score (nSPS) is 11.0. The van der Waals surface area contributed by atoms with Gasteiger partial charge < -0.3 is 17.3 Å². The van der Waals surface area contributed by atoms with Crippen LogP contribution in [0.5, 0.6) is 0 Å². The summed E-state index contributed by atoms with van der Waals surface area (Å²) < 4.78 is 39.0. The Labute approximate surface area is 177 Å². The summed E-state index contributed by atoms with van der Waals surface area (Å²) in [6, 6.07) is 22.4. The molecule has 0 spiro atoms. The molecule has 3 aromatic carbocycles. The van der Waals surface area contributed by atoms with Crippen molar-refractivity contribution in [2.75, 3.05) is 0 Å². The lowest BCUT2D eigenvalue weighted by Crippen LogP contribution is -2.02. The van der Waals surface area contributed by atoms with Gasteiger partial charge in [0.25, 0.3) is 0 Å². The summed E-state index contributed by atoms with van der Waals surface area (Å²) in [6.07, 6.45) is 1.76. The molecule has 148 valence electrons. The van der Waals surface area contributed by atoms with Crippen molar-refractivity contribution in [2.45, 2.75) is 17.7 Å². The van der Waals surface area contributed by atoms with Crippen molar-refractivity contribution in [1.29, 1.82) is 0 Å². The van der Waals surface area contributed by atoms with Gasteiger partial charge in [-0.15, -0.1) is 0 Å². The van der Waals surface area contributed by atoms with Crippen molar-refractivity contribution in [2.24, 2.45) is 0 Å². The van der Waals surface area contributed by atoms with E-state index in [1.54, 1.807) is 0 Å². The third kappa shape index (κ3) is 8.17. The molecule has 3 rings (SSSR count). The highest BCUT2D eigenvalue weighted by molar-refractivity contribution is 7.58. The molecular weight excluding hydrogens is 430 g/mol. The Morgan fingerprint density at radius 2 is 1.11 bits per heavy atom. The van der Waals surface area contributed by atoms with Gasteiger partial charge in [-0.1, -0.05) is 59.6 Å². The highest BCUT2D eigenvalue weighted by Gasteiger charge is 2.20. The first-order valence-electron chi connectivity index (χ1n) is 8.30. The minimum absolute atomic E-state index is 0.766. The SMILES string of the molecule is F[B-](F)(F)F.[SH2+]c1cccc(Cc2ccc(Cl)cc2)c1Cc1ccc(Cl)cc1. The minimum atomic E-state index is -6.00. The zero-order chi connectivity index (χ0) is 20.7. The van der Waals surface area contributed by atoms with Gasteiger partial charge in [0.1, 0.15) is 0 Å². The monoisotopic (exact) mass is 446 g/mol. The second-order valence-electron chi connectivity index (χ2n) is 6.04. The van der Waals surface area contributed by atoms with E-state index < -0.39 is 7.25 Å². The fraction of sp³-hybridized carbons (Fsp3) is 0.100. The van der Waals surface area contributed by atoms with Crippen LogP contribution >= 0.6 is 23.2 Å². The standard InChI is InChI=1S/C20H16Cl2S.BF4/c21-17-8-4-14(5-9-17)12-16-2-1-3-20(23)19(16)13-15-6-10-18(22)11-7-15;2-1(3,4)5/h1-11,23H,12-13H2;/q;-1/p+1. The molecule has 8 heteroatoms. The summed E-state index contributed by atoms with van der Waals surface area (Å²) in [5, 5.41) is 1.53. The van der Waals surface area contributed by atoms with Crippen LogP contribution in [0.15, 0.2) is 71.6 Å². The molecule has 28 heavy (non-hydrogen) atoms. The van der Waals surface area contributed by atoms with Gasteiger partial charge in [0, 0.05) is 22.0 Å². The summed E-state index contributed by atoms with van der Waals surface area (Å²) in [5.41, 5.74) is 5.12. The Kier molecular flexibility index (Phi) is 8.29. The molecular formula is C20H17BCl2F4S. The van der Waals surface area contributed by atoms with Gasteiger partial charge in [0.2, 0.25) is 0 Å². The van der Waals surface area contributed by atoms with Crippen LogP contribution in [-0.2, 0) is 25.5 Å². The van der Waals surface area contributed by atoms with E-state index in [0.29, 0.717) is 0 Å². The Balaban J connectivity index is 0.000000500. The van der Waals surface area contributed by atoms with Crippen molar-refractivity contribution >= 4 is 43.1 Å². The molecule has 0 aromatic heterocycles. The summed E-state index contributed by atoms with van der Waals surface area (Å²) in [7, 11) is -6.00.